The number of methoxy groups -OCH3 is 1. The fourth-order valence-corrected chi connectivity index (χ4v) is 2.30. The number of carboxylic acids is 1. The number of carbonyl (C=O) groups excluding carboxylic acids is 1. The molecule has 0 saturated carbocycles. The molecule has 24 heavy (non-hydrogen) atoms. The van der Waals surface area contributed by atoms with E-state index in [2.05, 4.69) is 5.32 Å². The van der Waals surface area contributed by atoms with E-state index in [0.29, 0.717) is 29.2 Å². The lowest BCUT2D eigenvalue weighted by Gasteiger charge is -2.16. The summed E-state index contributed by atoms with van der Waals surface area (Å²) >= 11 is 0. The summed E-state index contributed by atoms with van der Waals surface area (Å²) < 4.78 is 11.1. The maximum Gasteiger partial charge on any atom is 0.322 e. The summed E-state index contributed by atoms with van der Waals surface area (Å²) in [6, 6.07) is 12.7. The van der Waals surface area contributed by atoms with Gasteiger partial charge in [0.05, 0.1) is 13.7 Å². The van der Waals surface area contributed by atoms with Crippen LogP contribution in [-0.2, 0) is 4.79 Å². The van der Waals surface area contributed by atoms with Crippen molar-refractivity contribution in [1.29, 1.82) is 0 Å². The number of nitrogens with one attached hydrogen (secondary N) is 1. The Morgan fingerprint density at radius 2 is 1.88 bits per heavy atom. The summed E-state index contributed by atoms with van der Waals surface area (Å²) in [5, 5.41) is 11.1. The van der Waals surface area contributed by atoms with E-state index in [-0.39, 0.29) is 0 Å². The number of ether oxygens (including phenoxy) is 2. The first kappa shape index (κ1) is 17.3. The number of carboxylic acid groups (broad SMARTS) is 1. The molecule has 0 aliphatic carbocycles. The van der Waals surface area contributed by atoms with Crippen LogP contribution in [0.1, 0.15) is 17.3 Å². The Kier molecular flexibility index (Phi) is 5.78. The zero-order valence-electron chi connectivity index (χ0n) is 13.5. The van der Waals surface area contributed by atoms with Gasteiger partial charge < -0.3 is 19.9 Å². The van der Waals surface area contributed by atoms with E-state index >= 15 is 0 Å². The van der Waals surface area contributed by atoms with E-state index < -0.39 is 18.4 Å². The molecule has 0 unspecified atom stereocenters. The van der Waals surface area contributed by atoms with Crippen LogP contribution < -0.4 is 14.8 Å². The molecule has 6 heteroatoms. The largest absolute Gasteiger partial charge is 0.492 e. The van der Waals surface area contributed by atoms with Crippen LogP contribution in [0.4, 0.5) is 0 Å². The molecule has 0 fully saturated rings. The van der Waals surface area contributed by atoms with Crippen molar-refractivity contribution < 1.29 is 24.2 Å². The van der Waals surface area contributed by atoms with Crippen LogP contribution in [0.3, 0.4) is 0 Å². The van der Waals surface area contributed by atoms with Crippen molar-refractivity contribution in [1.82, 2.24) is 5.32 Å². The molecule has 0 atom stereocenters. The van der Waals surface area contributed by atoms with Gasteiger partial charge in [0.25, 0.3) is 5.91 Å². The Balaban J connectivity index is 2.51. The number of aliphatic carboxylic acids is 1. The molecule has 2 aromatic carbocycles. The van der Waals surface area contributed by atoms with Gasteiger partial charge in [-0.2, -0.15) is 0 Å². The number of benzene rings is 2. The van der Waals surface area contributed by atoms with Gasteiger partial charge in [0, 0.05) is 11.1 Å². The first-order chi connectivity index (χ1) is 11.6. The van der Waals surface area contributed by atoms with Crippen molar-refractivity contribution in [2.24, 2.45) is 0 Å². The SMILES string of the molecule is CCOc1cc(C(=O)NCC(=O)O)cc(-c2ccccc2)c1OC. The third kappa shape index (κ3) is 4.04. The van der Waals surface area contributed by atoms with Gasteiger partial charge in [0.1, 0.15) is 6.54 Å². The highest BCUT2D eigenvalue weighted by atomic mass is 16.5. The van der Waals surface area contributed by atoms with E-state index in [1.54, 1.807) is 12.1 Å². The second kappa shape index (κ2) is 8.01. The molecule has 126 valence electrons. The molecule has 2 rings (SSSR count). The molecule has 0 saturated heterocycles. The average Bonchev–Trinajstić information content (AvgIpc) is 2.60. The fourth-order valence-electron chi connectivity index (χ4n) is 2.30. The van der Waals surface area contributed by atoms with E-state index in [1.807, 2.05) is 37.3 Å². The van der Waals surface area contributed by atoms with Crippen molar-refractivity contribution in [3.8, 4) is 22.6 Å². The zero-order chi connectivity index (χ0) is 17.5. The first-order valence-electron chi connectivity index (χ1n) is 7.47. The molecule has 0 aromatic heterocycles. The minimum absolute atomic E-state index is 0.305. The predicted molar refractivity (Wildman–Crippen MR) is 89.6 cm³/mol. The number of rotatable bonds is 7. The Morgan fingerprint density at radius 3 is 2.46 bits per heavy atom. The number of amides is 1. The van der Waals surface area contributed by atoms with Gasteiger partial charge in [-0.15, -0.1) is 0 Å². The number of hydrogen-bond acceptors (Lipinski definition) is 4. The Labute approximate surface area is 140 Å². The van der Waals surface area contributed by atoms with Crippen LogP contribution in [0, 0.1) is 0 Å². The van der Waals surface area contributed by atoms with Crippen LogP contribution >= 0.6 is 0 Å². The molecule has 0 bridgehead atoms. The van der Waals surface area contributed by atoms with Crippen molar-refractivity contribution in [3.05, 3.63) is 48.0 Å². The lowest BCUT2D eigenvalue weighted by atomic mass is 10.0. The molecule has 6 nitrogen and oxygen atoms in total. The van der Waals surface area contributed by atoms with Crippen molar-refractivity contribution in [2.75, 3.05) is 20.3 Å². The van der Waals surface area contributed by atoms with Gasteiger partial charge in [-0.25, -0.2) is 0 Å². The molecule has 1 amide bonds. The summed E-state index contributed by atoms with van der Waals surface area (Å²) in [5.41, 5.74) is 1.87. The first-order valence-corrected chi connectivity index (χ1v) is 7.47. The Hall–Kier alpha value is -3.02. The molecule has 2 aromatic rings. The normalized spacial score (nSPS) is 10.1. The van der Waals surface area contributed by atoms with Crippen LogP contribution in [0.2, 0.25) is 0 Å². The van der Waals surface area contributed by atoms with Crippen LogP contribution in [-0.4, -0.2) is 37.2 Å². The lowest BCUT2D eigenvalue weighted by Crippen LogP contribution is -2.29. The minimum atomic E-state index is -1.11. The quantitative estimate of drug-likeness (QED) is 0.815. The molecule has 0 aliphatic rings. The van der Waals surface area contributed by atoms with Gasteiger partial charge >= 0.3 is 5.97 Å². The molecule has 0 aliphatic heterocycles. The Morgan fingerprint density at radius 1 is 1.17 bits per heavy atom. The summed E-state index contributed by atoms with van der Waals surface area (Å²) in [6.07, 6.45) is 0. The topological polar surface area (TPSA) is 84.9 Å². The van der Waals surface area contributed by atoms with Crippen molar-refractivity contribution in [3.63, 3.8) is 0 Å². The van der Waals surface area contributed by atoms with Gasteiger partial charge in [0.2, 0.25) is 0 Å². The third-order valence-corrected chi connectivity index (χ3v) is 3.31. The van der Waals surface area contributed by atoms with Gasteiger partial charge in [-0.1, -0.05) is 30.3 Å². The lowest BCUT2D eigenvalue weighted by molar-refractivity contribution is -0.135. The molecule has 0 spiro atoms. The van der Waals surface area contributed by atoms with Crippen molar-refractivity contribution in [2.45, 2.75) is 6.92 Å². The fraction of sp³-hybridized carbons (Fsp3) is 0.222. The summed E-state index contributed by atoms with van der Waals surface area (Å²) in [7, 11) is 1.54. The average molecular weight is 329 g/mol. The smallest absolute Gasteiger partial charge is 0.322 e. The van der Waals surface area contributed by atoms with Gasteiger partial charge in [-0.05, 0) is 24.6 Å². The highest BCUT2D eigenvalue weighted by Crippen LogP contribution is 2.39. The summed E-state index contributed by atoms with van der Waals surface area (Å²) in [5.74, 6) is -0.636. The number of carbonyl (C=O) groups is 2. The van der Waals surface area contributed by atoms with E-state index in [9.17, 15) is 9.59 Å². The molecule has 0 radical (unpaired) electrons. The highest BCUT2D eigenvalue weighted by Gasteiger charge is 2.18. The maximum absolute atomic E-state index is 12.2. The zero-order valence-corrected chi connectivity index (χ0v) is 13.5. The molecule has 0 heterocycles. The van der Waals surface area contributed by atoms with E-state index in [1.165, 1.54) is 7.11 Å². The Bertz CT molecular complexity index is 728. The second-order valence-electron chi connectivity index (χ2n) is 4.93. The second-order valence-corrected chi connectivity index (χ2v) is 4.93. The van der Waals surface area contributed by atoms with Crippen LogP contribution in [0.5, 0.6) is 11.5 Å². The number of hydrogen-bond donors (Lipinski definition) is 2. The van der Waals surface area contributed by atoms with E-state index in [0.717, 1.165) is 5.56 Å². The minimum Gasteiger partial charge on any atom is -0.492 e. The van der Waals surface area contributed by atoms with Crippen LogP contribution in [0.15, 0.2) is 42.5 Å². The van der Waals surface area contributed by atoms with Gasteiger partial charge in [-0.3, -0.25) is 9.59 Å². The predicted octanol–water partition coefficient (Wildman–Crippen LogP) is 2.58. The van der Waals surface area contributed by atoms with Crippen molar-refractivity contribution >= 4 is 11.9 Å². The summed E-state index contributed by atoms with van der Waals surface area (Å²) in [4.78, 5) is 22.9. The monoisotopic (exact) mass is 329 g/mol. The summed E-state index contributed by atoms with van der Waals surface area (Å²) in [6.45, 7) is 1.79. The molecular formula is C18H19NO5. The molecule has 2 N–H and O–H groups in total. The van der Waals surface area contributed by atoms with Gasteiger partial charge in [0.15, 0.2) is 11.5 Å². The highest BCUT2D eigenvalue weighted by molar-refractivity contribution is 5.98. The molecular weight excluding hydrogens is 310 g/mol. The van der Waals surface area contributed by atoms with E-state index in [4.69, 9.17) is 14.6 Å². The standard InChI is InChI=1S/C18H19NO5/c1-3-24-15-10-13(18(22)19-11-16(20)21)9-14(17(15)23-2)12-7-5-4-6-8-12/h4-10H,3,11H2,1-2H3,(H,19,22)(H,20,21). The van der Waals surface area contributed by atoms with Crippen LogP contribution in [0.25, 0.3) is 11.1 Å². The third-order valence-electron chi connectivity index (χ3n) is 3.31. The maximum atomic E-state index is 12.2.